The quantitative estimate of drug-likeness (QED) is 0.814. The van der Waals surface area contributed by atoms with Crippen LogP contribution in [0.25, 0.3) is 0 Å². The van der Waals surface area contributed by atoms with E-state index in [0.29, 0.717) is 43.6 Å². The van der Waals surface area contributed by atoms with E-state index < -0.39 is 10.0 Å². The molecule has 2 aromatic rings. The average molecular weight is 361 g/mol. The van der Waals surface area contributed by atoms with Gasteiger partial charge in [-0.05, 0) is 24.3 Å². The molecule has 0 saturated carbocycles. The number of sulfonamides is 1. The van der Waals surface area contributed by atoms with Crippen LogP contribution in [0.4, 0.5) is 6.01 Å². The summed E-state index contributed by atoms with van der Waals surface area (Å²) in [7, 11) is -3.57. The number of hydrogen-bond acceptors (Lipinski definition) is 7. The fourth-order valence-electron chi connectivity index (χ4n) is 2.56. The summed E-state index contributed by atoms with van der Waals surface area (Å²) in [4.78, 5) is 6.43. The highest BCUT2D eigenvalue weighted by atomic mass is 32.2. The van der Waals surface area contributed by atoms with Crippen molar-refractivity contribution in [3.8, 4) is 6.07 Å². The van der Waals surface area contributed by atoms with Crippen molar-refractivity contribution >= 4 is 16.0 Å². The number of piperazine rings is 1. The van der Waals surface area contributed by atoms with Crippen molar-refractivity contribution in [3.05, 3.63) is 35.7 Å². The first-order valence-corrected chi connectivity index (χ1v) is 9.44. The van der Waals surface area contributed by atoms with E-state index in [1.54, 1.807) is 0 Å². The topological polar surface area (TPSA) is 103 Å². The van der Waals surface area contributed by atoms with Crippen LogP contribution in [0.5, 0.6) is 0 Å². The van der Waals surface area contributed by atoms with Crippen LogP contribution in [0.15, 0.2) is 33.7 Å². The van der Waals surface area contributed by atoms with E-state index in [-0.39, 0.29) is 10.8 Å². The van der Waals surface area contributed by atoms with Gasteiger partial charge in [-0.2, -0.15) is 14.6 Å². The van der Waals surface area contributed by atoms with Gasteiger partial charge in [-0.1, -0.05) is 19.0 Å². The van der Waals surface area contributed by atoms with Crippen molar-refractivity contribution in [2.75, 3.05) is 31.1 Å². The Balaban J connectivity index is 1.69. The first kappa shape index (κ1) is 17.4. The van der Waals surface area contributed by atoms with Crippen molar-refractivity contribution in [3.63, 3.8) is 0 Å². The van der Waals surface area contributed by atoms with E-state index in [0.717, 1.165) is 0 Å². The molecule has 0 radical (unpaired) electrons. The lowest BCUT2D eigenvalue weighted by Crippen LogP contribution is -2.48. The molecular weight excluding hydrogens is 342 g/mol. The van der Waals surface area contributed by atoms with Gasteiger partial charge in [0, 0.05) is 32.1 Å². The molecule has 1 aliphatic heterocycles. The third-order valence-electron chi connectivity index (χ3n) is 4.08. The Kier molecular flexibility index (Phi) is 4.74. The van der Waals surface area contributed by atoms with Crippen molar-refractivity contribution in [2.24, 2.45) is 0 Å². The molecule has 0 unspecified atom stereocenters. The Morgan fingerprint density at radius 1 is 1.16 bits per heavy atom. The second kappa shape index (κ2) is 6.82. The number of nitriles is 1. The molecule has 1 aromatic carbocycles. The molecule has 0 bridgehead atoms. The van der Waals surface area contributed by atoms with Crippen LogP contribution in [-0.2, 0) is 10.0 Å². The number of hydrogen-bond donors (Lipinski definition) is 0. The van der Waals surface area contributed by atoms with E-state index in [4.69, 9.17) is 9.78 Å². The molecule has 1 aromatic heterocycles. The van der Waals surface area contributed by atoms with Crippen LogP contribution >= 0.6 is 0 Å². The SMILES string of the molecule is CC(C)c1noc(N2CCN(S(=O)(=O)c3ccc(C#N)cc3)CC2)n1. The fourth-order valence-corrected chi connectivity index (χ4v) is 3.98. The normalized spacial score (nSPS) is 16.2. The second-order valence-corrected chi connectivity index (χ2v) is 8.06. The molecule has 132 valence electrons. The summed E-state index contributed by atoms with van der Waals surface area (Å²) in [5, 5.41) is 12.8. The minimum Gasteiger partial charge on any atom is -0.322 e. The van der Waals surface area contributed by atoms with Crippen molar-refractivity contribution in [1.29, 1.82) is 5.26 Å². The highest BCUT2D eigenvalue weighted by Gasteiger charge is 2.30. The van der Waals surface area contributed by atoms with Gasteiger partial charge in [0.15, 0.2) is 5.82 Å². The van der Waals surface area contributed by atoms with Gasteiger partial charge in [0.1, 0.15) is 0 Å². The standard InChI is InChI=1S/C16H19N5O3S/c1-12(2)15-18-16(24-19-15)20-7-9-21(10-8-20)25(22,23)14-5-3-13(11-17)4-6-14/h3-6,12H,7-10H2,1-2H3. The average Bonchev–Trinajstić information content (AvgIpc) is 3.12. The summed E-state index contributed by atoms with van der Waals surface area (Å²) in [6, 6.07) is 8.36. The molecule has 25 heavy (non-hydrogen) atoms. The number of aromatic nitrogens is 2. The summed E-state index contributed by atoms with van der Waals surface area (Å²) < 4.78 is 32.1. The Bertz CT molecular complexity index is 875. The maximum Gasteiger partial charge on any atom is 0.324 e. The molecule has 1 saturated heterocycles. The van der Waals surface area contributed by atoms with E-state index in [1.807, 2.05) is 24.8 Å². The highest BCUT2D eigenvalue weighted by molar-refractivity contribution is 7.89. The molecule has 0 spiro atoms. The molecular formula is C16H19N5O3S. The number of rotatable bonds is 4. The molecule has 1 aliphatic rings. The van der Waals surface area contributed by atoms with Crippen LogP contribution in [0.1, 0.15) is 31.2 Å². The zero-order chi connectivity index (χ0) is 18.0. The fraction of sp³-hybridized carbons (Fsp3) is 0.438. The Labute approximate surface area is 146 Å². The van der Waals surface area contributed by atoms with Crippen LogP contribution in [-0.4, -0.2) is 49.0 Å². The monoisotopic (exact) mass is 361 g/mol. The lowest BCUT2D eigenvalue weighted by atomic mass is 10.2. The molecule has 0 aliphatic carbocycles. The predicted octanol–water partition coefficient (Wildman–Crippen LogP) is 1.58. The van der Waals surface area contributed by atoms with Gasteiger partial charge in [0.05, 0.1) is 16.5 Å². The molecule has 0 amide bonds. The lowest BCUT2D eigenvalue weighted by molar-refractivity contribution is 0.353. The first-order chi connectivity index (χ1) is 11.9. The van der Waals surface area contributed by atoms with E-state index in [2.05, 4.69) is 10.1 Å². The summed E-state index contributed by atoms with van der Waals surface area (Å²) in [6.07, 6.45) is 0. The maximum absolute atomic E-state index is 12.7. The van der Waals surface area contributed by atoms with E-state index in [9.17, 15) is 8.42 Å². The predicted molar refractivity (Wildman–Crippen MR) is 90.5 cm³/mol. The van der Waals surface area contributed by atoms with Gasteiger partial charge in [-0.25, -0.2) is 8.42 Å². The van der Waals surface area contributed by atoms with Gasteiger partial charge < -0.3 is 9.42 Å². The van der Waals surface area contributed by atoms with Crippen molar-refractivity contribution in [1.82, 2.24) is 14.4 Å². The van der Waals surface area contributed by atoms with Gasteiger partial charge in [-0.15, -0.1) is 0 Å². The molecule has 9 heteroatoms. The number of nitrogens with zero attached hydrogens (tertiary/aromatic N) is 5. The Morgan fingerprint density at radius 2 is 1.80 bits per heavy atom. The minimum absolute atomic E-state index is 0.176. The largest absolute Gasteiger partial charge is 0.324 e. The van der Waals surface area contributed by atoms with Crippen LogP contribution in [0.3, 0.4) is 0 Å². The second-order valence-electron chi connectivity index (χ2n) is 6.12. The number of benzene rings is 1. The Hall–Kier alpha value is -2.44. The first-order valence-electron chi connectivity index (χ1n) is 8.00. The number of anilines is 1. The van der Waals surface area contributed by atoms with Crippen LogP contribution in [0, 0.1) is 11.3 Å². The molecule has 1 fully saturated rings. The van der Waals surface area contributed by atoms with Gasteiger partial charge in [-0.3, -0.25) is 0 Å². The third kappa shape index (κ3) is 3.50. The summed E-state index contributed by atoms with van der Waals surface area (Å²) in [5.41, 5.74) is 0.432. The lowest BCUT2D eigenvalue weighted by Gasteiger charge is -2.32. The van der Waals surface area contributed by atoms with Crippen LogP contribution in [0.2, 0.25) is 0 Å². The molecule has 0 atom stereocenters. The summed E-state index contributed by atoms with van der Waals surface area (Å²) >= 11 is 0. The van der Waals surface area contributed by atoms with Gasteiger partial charge >= 0.3 is 6.01 Å². The molecule has 8 nitrogen and oxygen atoms in total. The van der Waals surface area contributed by atoms with Gasteiger partial charge in [0.25, 0.3) is 0 Å². The molecule has 2 heterocycles. The minimum atomic E-state index is -3.57. The maximum atomic E-state index is 12.7. The molecule has 3 rings (SSSR count). The van der Waals surface area contributed by atoms with Gasteiger partial charge in [0.2, 0.25) is 10.0 Å². The van der Waals surface area contributed by atoms with Crippen molar-refractivity contribution in [2.45, 2.75) is 24.7 Å². The summed E-state index contributed by atoms with van der Waals surface area (Å²) in [5.74, 6) is 0.818. The van der Waals surface area contributed by atoms with Crippen molar-refractivity contribution < 1.29 is 12.9 Å². The third-order valence-corrected chi connectivity index (χ3v) is 5.99. The Morgan fingerprint density at radius 3 is 2.32 bits per heavy atom. The van der Waals surface area contributed by atoms with E-state index in [1.165, 1.54) is 28.6 Å². The van der Waals surface area contributed by atoms with E-state index >= 15 is 0 Å². The van der Waals surface area contributed by atoms with Crippen LogP contribution < -0.4 is 4.90 Å². The highest BCUT2D eigenvalue weighted by Crippen LogP contribution is 2.21. The zero-order valence-corrected chi connectivity index (χ0v) is 14.9. The smallest absolute Gasteiger partial charge is 0.322 e. The molecule has 0 N–H and O–H groups in total. The zero-order valence-electron chi connectivity index (χ0n) is 14.1. The summed E-state index contributed by atoms with van der Waals surface area (Å²) in [6.45, 7) is 5.60.